The molecule has 0 saturated heterocycles. The first-order valence-corrected chi connectivity index (χ1v) is 8.56. The van der Waals surface area contributed by atoms with Gasteiger partial charge in [-0.15, -0.1) is 0 Å². The molecule has 0 spiro atoms. The zero-order valence-electron chi connectivity index (χ0n) is 12.6. The number of methoxy groups -OCH3 is 1. The molecule has 5 nitrogen and oxygen atoms in total. The molecule has 0 aliphatic rings. The van der Waals surface area contributed by atoms with Crippen molar-refractivity contribution in [1.82, 2.24) is 5.32 Å². The third-order valence-electron chi connectivity index (χ3n) is 3.48. The summed E-state index contributed by atoms with van der Waals surface area (Å²) in [7, 11) is 1.53. The number of hydrogen-bond donors (Lipinski definition) is 2. The van der Waals surface area contributed by atoms with Gasteiger partial charge in [-0.05, 0) is 62.9 Å². The maximum atomic E-state index is 12.3. The van der Waals surface area contributed by atoms with Crippen molar-refractivity contribution in [3.05, 3.63) is 50.6 Å². The van der Waals surface area contributed by atoms with E-state index in [1.54, 1.807) is 25.1 Å². The Labute approximate surface area is 146 Å². The third-order valence-corrected chi connectivity index (χ3v) is 4.80. The average Bonchev–Trinajstić information content (AvgIpc) is 3.05. The Morgan fingerprint density at radius 3 is 2.57 bits per heavy atom. The first-order chi connectivity index (χ1) is 10.9. The molecule has 2 unspecified atom stereocenters. The molecule has 0 saturated carbocycles. The summed E-state index contributed by atoms with van der Waals surface area (Å²) in [5, 5.41) is 15.8. The van der Waals surface area contributed by atoms with E-state index in [-0.39, 0.29) is 5.91 Å². The predicted octanol–water partition coefficient (Wildman–Crippen LogP) is 3.56. The monoisotopic (exact) mass is 397 g/mol. The van der Waals surface area contributed by atoms with Gasteiger partial charge in [-0.25, -0.2) is 4.79 Å². The molecule has 1 heterocycles. The van der Waals surface area contributed by atoms with E-state index < -0.39 is 17.9 Å². The van der Waals surface area contributed by atoms with Crippen LogP contribution in [0.15, 0.2) is 39.5 Å². The number of benzene rings is 1. The van der Waals surface area contributed by atoms with E-state index in [1.807, 2.05) is 16.8 Å². The summed E-state index contributed by atoms with van der Waals surface area (Å²) >= 11 is 4.82. The molecule has 1 aromatic carbocycles. The van der Waals surface area contributed by atoms with Gasteiger partial charge in [-0.2, -0.15) is 11.3 Å². The number of aliphatic carboxylic acids is 1. The van der Waals surface area contributed by atoms with Crippen LogP contribution in [0.5, 0.6) is 5.75 Å². The molecule has 0 aliphatic carbocycles. The normalized spacial score (nSPS) is 13.2. The number of carbonyl (C=O) groups is 2. The van der Waals surface area contributed by atoms with Crippen molar-refractivity contribution < 1.29 is 19.4 Å². The highest BCUT2D eigenvalue weighted by Crippen LogP contribution is 2.29. The zero-order chi connectivity index (χ0) is 17.0. The third kappa shape index (κ3) is 4.11. The van der Waals surface area contributed by atoms with Crippen LogP contribution in [-0.4, -0.2) is 24.1 Å². The Bertz CT molecular complexity index is 702. The van der Waals surface area contributed by atoms with Crippen molar-refractivity contribution in [3.8, 4) is 5.75 Å². The highest BCUT2D eigenvalue weighted by molar-refractivity contribution is 9.10. The van der Waals surface area contributed by atoms with Crippen LogP contribution in [0.4, 0.5) is 0 Å². The highest BCUT2D eigenvalue weighted by atomic mass is 79.9. The average molecular weight is 398 g/mol. The standard InChI is InChI=1S/C16H16BrNO4S/c1-9(11-5-6-23-8-11)15(19)18-14(16(20)21)10-3-4-13(22-2)12(17)7-10/h3-9,14H,1-2H3,(H,18,19)(H,20,21). The number of thiophene rings is 1. The number of carboxylic acids is 1. The second-order valence-corrected chi connectivity index (χ2v) is 6.59. The molecule has 23 heavy (non-hydrogen) atoms. The Balaban J connectivity index is 2.20. The fourth-order valence-electron chi connectivity index (χ4n) is 2.09. The molecule has 1 amide bonds. The molecular formula is C16H16BrNO4S. The van der Waals surface area contributed by atoms with E-state index in [2.05, 4.69) is 21.2 Å². The van der Waals surface area contributed by atoms with Crippen molar-refractivity contribution in [1.29, 1.82) is 0 Å². The Hall–Kier alpha value is -1.86. The molecule has 122 valence electrons. The SMILES string of the molecule is COc1ccc(C(NC(=O)C(C)c2ccsc2)C(=O)O)cc1Br. The molecular weight excluding hydrogens is 382 g/mol. The predicted molar refractivity (Wildman–Crippen MR) is 91.9 cm³/mol. The second kappa shape index (κ2) is 7.61. The van der Waals surface area contributed by atoms with Crippen LogP contribution in [0.2, 0.25) is 0 Å². The number of carboxylic acid groups (broad SMARTS) is 1. The summed E-state index contributed by atoms with van der Waals surface area (Å²) in [6.07, 6.45) is 0. The minimum atomic E-state index is -1.12. The number of hydrogen-bond acceptors (Lipinski definition) is 4. The number of nitrogens with one attached hydrogen (secondary N) is 1. The lowest BCUT2D eigenvalue weighted by atomic mass is 10.0. The van der Waals surface area contributed by atoms with Crippen LogP contribution < -0.4 is 10.1 Å². The van der Waals surface area contributed by atoms with Gasteiger partial charge in [0.25, 0.3) is 0 Å². The molecule has 0 radical (unpaired) electrons. The van der Waals surface area contributed by atoms with Gasteiger partial charge >= 0.3 is 5.97 Å². The van der Waals surface area contributed by atoms with Gasteiger partial charge in [0, 0.05) is 0 Å². The molecule has 2 aromatic rings. The fourth-order valence-corrected chi connectivity index (χ4v) is 3.40. The molecule has 1 aromatic heterocycles. The van der Waals surface area contributed by atoms with Crippen molar-refractivity contribution in [2.45, 2.75) is 18.9 Å². The summed E-state index contributed by atoms with van der Waals surface area (Å²) < 4.78 is 5.76. The molecule has 2 N–H and O–H groups in total. The fraction of sp³-hybridized carbons (Fsp3) is 0.250. The van der Waals surface area contributed by atoms with E-state index >= 15 is 0 Å². The Morgan fingerprint density at radius 1 is 1.30 bits per heavy atom. The number of ether oxygens (including phenoxy) is 1. The lowest BCUT2D eigenvalue weighted by molar-refractivity contribution is -0.142. The van der Waals surface area contributed by atoms with Gasteiger partial charge in [-0.1, -0.05) is 6.07 Å². The van der Waals surface area contributed by atoms with Crippen molar-refractivity contribution in [3.63, 3.8) is 0 Å². The topological polar surface area (TPSA) is 75.6 Å². The van der Waals surface area contributed by atoms with Gasteiger partial charge in [0.1, 0.15) is 5.75 Å². The minimum absolute atomic E-state index is 0.331. The highest BCUT2D eigenvalue weighted by Gasteiger charge is 2.26. The molecule has 0 fully saturated rings. The Morgan fingerprint density at radius 2 is 2.04 bits per heavy atom. The van der Waals surface area contributed by atoms with E-state index in [4.69, 9.17) is 4.74 Å². The van der Waals surface area contributed by atoms with Gasteiger partial charge in [0.15, 0.2) is 6.04 Å². The van der Waals surface area contributed by atoms with E-state index in [1.165, 1.54) is 18.4 Å². The quantitative estimate of drug-likeness (QED) is 0.780. The van der Waals surface area contributed by atoms with Gasteiger partial charge in [0.2, 0.25) is 5.91 Å². The second-order valence-electron chi connectivity index (χ2n) is 4.95. The summed E-state index contributed by atoms with van der Waals surface area (Å²) in [4.78, 5) is 23.9. The first kappa shape index (κ1) is 17.5. The molecule has 2 atom stereocenters. The first-order valence-electron chi connectivity index (χ1n) is 6.82. The molecule has 0 aliphatic heterocycles. The van der Waals surface area contributed by atoms with Crippen molar-refractivity contribution in [2.24, 2.45) is 0 Å². The van der Waals surface area contributed by atoms with E-state index in [9.17, 15) is 14.7 Å². The number of rotatable bonds is 6. The van der Waals surface area contributed by atoms with Crippen LogP contribution in [-0.2, 0) is 9.59 Å². The van der Waals surface area contributed by atoms with Gasteiger partial charge in [-0.3, -0.25) is 4.79 Å². The van der Waals surface area contributed by atoms with E-state index in [0.717, 1.165) is 5.56 Å². The maximum Gasteiger partial charge on any atom is 0.330 e. The number of carbonyl (C=O) groups excluding carboxylic acids is 1. The summed E-state index contributed by atoms with van der Waals surface area (Å²) in [5.41, 5.74) is 1.34. The van der Waals surface area contributed by atoms with Crippen LogP contribution in [0.25, 0.3) is 0 Å². The maximum absolute atomic E-state index is 12.3. The Kier molecular flexibility index (Phi) is 5.79. The van der Waals surface area contributed by atoms with Crippen molar-refractivity contribution >= 4 is 39.1 Å². The van der Waals surface area contributed by atoms with E-state index in [0.29, 0.717) is 15.8 Å². The smallest absolute Gasteiger partial charge is 0.330 e. The van der Waals surface area contributed by atoms with Crippen LogP contribution in [0, 0.1) is 0 Å². The summed E-state index contributed by atoms with van der Waals surface area (Å²) in [6.45, 7) is 1.75. The lowest BCUT2D eigenvalue weighted by Gasteiger charge is -2.18. The zero-order valence-corrected chi connectivity index (χ0v) is 15.0. The van der Waals surface area contributed by atoms with Crippen LogP contribution in [0.3, 0.4) is 0 Å². The number of halogens is 1. The largest absolute Gasteiger partial charge is 0.496 e. The molecule has 7 heteroatoms. The lowest BCUT2D eigenvalue weighted by Crippen LogP contribution is -2.36. The van der Waals surface area contributed by atoms with Gasteiger partial charge in [0.05, 0.1) is 17.5 Å². The molecule has 2 rings (SSSR count). The van der Waals surface area contributed by atoms with Gasteiger partial charge < -0.3 is 15.2 Å². The minimum Gasteiger partial charge on any atom is -0.496 e. The summed E-state index contributed by atoms with van der Waals surface area (Å²) in [6, 6.07) is 5.65. The number of amides is 1. The molecule has 0 bridgehead atoms. The van der Waals surface area contributed by atoms with Crippen LogP contribution >= 0.6 is 27.3 Å². The van der Waals surface area contributed by atoms with Crippen LogP contribution in [0.1, 0.15) is 30.0 Å². The summed E-state index contributed by atoms with van der Waals surface area (Å²) in [5.74, 6) is -1.27. The van der Waals surface area contributed by atoms with Crippen molar-refractivity contribution in [2.75, 3.05) is 7.11 Å².